The van der Waals surface area contributed by atoms with Crippen LogP contribution in [0.25, 0.3) is 0 Å². The number of hydrogen-bond donors (Lipinski definition) is 2. The first kappa shape index (κ1) is 11.2. The molecule has 0 aromatic rings. The summed E-state index contributed by atoms with van der Waals surface area (Å²) in [7, 11) is 0. The Kier molecular flexibility index (Phi) is 4.61. The van der Waals surface area contributed by atoms with Crippen molar-refractivity contribution >= 4 is 23.4 Å². The highest BCUT2D eigenvalue weighted by molar-refractivity contribution is 7.80. The molecule has 1 heterocycles. The van der Waals surface area contributed by atoms with Crippen LogP contribution in [0, 0.1) is 0 Å². The van der Waals surface area contributed by atoms with Crippen LogP contribution in [-0.4, -0.2) is 48.9 Å². The average molecular weight is 217 g/mol. The van der Waals surface area contributed by atoms with Crippen LogP contribution in [0.5, 0.6) is 0 Å². The Morgan fingerprint density at radius 2 is 2.21 bits per heavy atom. The summed E-state index contributed by atoms with van der Waals surface area (Å²) in [4.78, 5) is 13.0. The molecule has 0 spiro atoms. The summed E-state index contributed by atoms with van der Waals surface area (Å²) in [6.45, 7) is 5.55. The number of nitrogens with one attached hydrogen (secondary N) is 2. The van der Waals surface area contributed by atoms with Gasteiger partial charge in [-0.25, -0.2) is 4.79 Å². The van der Waals surface area contributed by atoms with Crippen LogP contribution in [0.15, 0.2) is 0 Å². The van der Waals surface area contributed by atoms with Gasteiger partial charge in [0.2, 0.25) is 0 Å². The van der Waals surface area contributed by atoms with E-state index < -0.39 is 6.09 Å². The molecule has 0 radical (unpaired) electrons. The Morgan fingerprint density at radius 3 is 2.79 bits per heavy atom. The fraction of sp³-hybridized carbons (Fsp3) is 0.750. The zero-order valence-corrected chi connectivity index (χ0v) is 9.02. The number of thiocarbonyl (C=S) groups is 1. The molecule has 14 heavy (non-hydrogen) atoms. The molecular formula is C8H15N3O2S. The fourth-order valence-corrected chi connectivity index (χ4v) is 1.47. The Bertz CT molecular complexity index is 217. The van der Waals surface area contributed by atoms with E-state index in [0.29, 0.717) is 11.7 Å². The van der Waals surface area contributed by atoms with Gasteiger partial charge in [-0.3, -0.25) is 5.32 Å². The maximum atomic E-state index is 11.0. The molecule has 0 unspecified atom stereocenters. The summed E-state index contributed by atoms with van der Waals surface area (Å²) in [5.41, 5.74) is 0. The molecule has 0 aliphatic carbocycles. The predicted octanol–water partition coefficient (Wildman–Crippen LogP) is -0.0774. The van der Waals surface area contributed by atoms with Crippen molar-refractivity contribution in [2.75, 3.05) is 32.8 Å². The number of carbonyl (C=O) groups excluding carboxylic acids is 1. The molecule has 6 heteroatoms. The minimum Gasteiger partial charge on any atom is -0.450 e. The van der Waals surface area contributed by atoms with E-state index in [1.165, 1.54) is 0 Å². The van der Waals surface area contributed by atoms with E-state index in [-0.39, 0.29) is 0 Å². The molecule has 1 aliphatic heterocycles. The molecule has 0 bridgehead atoms. The van der Waals surface area contributed by atoms with Gasteiger partial charge in [0, 0.05) is 26.2 Å². The number of piperazine rings is 1. The van der Waals surface area contributed by atoms with E-state index in [1.807, 2.05) is 4.90 Å². The largest absolute Gasteiger partial charge is 0.450 e. The first-order valence-corrected chi connectivity index (χ1v) is 5.08. The highest BCUT2D eigenvalue weighted by Gasteiger charge is 2.14. The molecule has 80 valence electrons. The summed E-state index contributed by atoms with van der Waals surface area (Å²) in [6.07, 6.45) is -0.476. The monoisotopic (exact) mass is 217 g/mol. The third-order valence-electron chi connectivity index (χ3n) is 1.89. The zero-order valence-electron chi connectivity index (χ0n) is 8.21. The van der Waals surface area contributed by atoms with E-state index in [2.05, 4.69) is 10.6 Å². The van der Waals surface area contributed by atoms with Crippen LogP contribution in [-0.2, 0) is 4.74 Å². The molecular weight excluding hydrogens is 202 g/mol. The highest BCUT2D eigenvalue weighted by Crippen LogP contribution is 1.93. The van der Waals surface area contributed by atoms with Crippen LogP contribution in [0.2, 0.25) is 0 Å². The van der Waals surface area contributed by atoms with Crippen molar-refractivity contribution in [3.05, 3.63) is 0 Å². The number of nitrogens with zero attached hydrogens (tertiary/aromatic N) is 1. The lowest BCUT2D eigenvalue weighted by Gasteiger charge is -2.29. The van der Waals surface area contributed by atoms with Gasteiger partial charge in [0.1, 0.15) is 0 Å². The van der Waals surface area contributed by atoms with Gasteiger partial charge in [0.15, 0.2) is 5.11 Å². The first-order chi connectivity index (χ1) is 6.74. The molecule has 5 nitrogen and oxygen atoms in total. The summed E-state index contributed by atoms with van der Waals surface area (Å²) < 4.78 is 4.72. The minimum atomic E-state index is -0.476. The molecule has 1 saturated heterocycles. The molecule has 0 aromatic carbocycles. The predicted molar refractivity (Wildman–Crippen MR) is 57.2 cm³/mol. The number of hydrogen-bond acceptors (Lipinski definition) is 4. The van der Waals surface area contributed by atoms with Crippen LogP contribution in [0.1, 0.15) is 6.92 Å². The summed E-state index contributed by atoms with van der Waals surface area (Å²) in [5.74, 6) is 0. The second-order valence-corrected chi connectivity index (χ2v) is 3.27. The number of rotatable bonds is 1. The van der Waals surface area contributed by atoms with E-state index in [1.54, 1.807) is 6.92 Å². The number of alkyl carbamates (subject to hydrolysis) is 1. The van der Waals surface area contributed by atoms with E-state index >= 15 is 0 Å². The van der Waals surface area contributed by atoms with Crippen molar-refractivity contribution in [3.8, 4) is 0 Å². The molecule has 0 aromatic heterocycles. The number of ether oxygens (including phenoxy) is 1. The van der Waals surface area contributed by atoms with Crippen molar-refractivity contribution in [1.29, 1.82) is 0 Å². The van der Waals surface area contributed by atoms with Gasteiger partial charge < -0.3 is 15.0 Å². The van der Waals surface area contributed by atoms with Gasteiger partial charge in [-0.15, -0.1) is 0 Å². The van der Waals surface area contributed by atoms with Crippen molar-refractivity contribution in [3.63, 3.8) is 0 Å². The lowest BCUT2D eigenvalue weighted by molar-refractivity contribution is 0.156. The lowest BCUT2D eigenvalue weighted by atomic mass is 10.4. The van der Waals surface area contributed by atoms with Gasteiger partial charge in [-0.1, -0.05) is 0 Å². The highest BCUT2D eigenvalue weighted by atomic mass is 32.1. The van der Waals surface area contributed by atoms with Gasteiger partial charge in [-0.05, 0) is 19.1 Å². The van der Waals surface area contributed by atoms with Crippen LogP contribution >= 0.6 is 12.2 Å². The Hall–Kier alpha value is -0.880. The van der Waals surface area contributed by atoms with Crippen molar-refractivity contribution in [2.45, 2.75) is 6.92 Å². The minimum absolute atomic E-state index is 0.357. The van der Waals surface area contributed by atoms with Gasteiger partial charge >= 0.3 is 6.09 Å². The number of carbonyl (C=O) groups is 1. The van der Waals surface area contributed by atoms with Gasteiger partial charge in [0.25, 0.3) is 0 Å². The van der Waals surface area contributed by atoms with Crippen LogP contribution in [0.3, 0.4) is 0 Å². The maximum Gasteiger partial charge on any atom is 0.413 e. The molecule has 1 fully saturated rings. The molecule has 0 saturated carbocycles. The second-order valence-electron chi connectivity index (χ2n) is 2.89. The first-order valence-electron chi connectivity index (χ1n) is 4.67. The average Bonchev–Trinajstić information content (AvgIpc) is 2.19. The Labute approximate surface area is 88.8 Å². The summed E-state index contributed by atoms with van der Waals surface area (Å²) in [5, 5.41) is 6.17. The summed E-state index contributed by atoms with van der Waals surface area (Å²) >= 11 is 5.05. The zero-order chi connectivity index (χ0) is 10.4. The number of amides is 1. The normalized spacial score (nSPS) is 16.2. The quantitative estimate of drug-likeness (QED) is 0.602. The second kappa shape index (κ2) is 5.77. The molecule has 1 amide bonds. The molecule has 0 atom stereocenters. The van der Waals surface area contributed by atoms with Gasteiger partial charge in [0.05, 0.1) is 6.61 Å². The molecule has 1 aliphatic rings. The Morgan fingerprint density at radius 1 is 1.57 bits per heavy atom. The third kappa shape index (κ3) is 3.47. The van der Waals surface area contributed by atoms with E-state index in [0.717, 1.165) is 26.2 Å². The van der Waals surface area contributed by atoms with E-state index in [9.17, 15) is 4.79 Å². The van der Waals surface area contributed by atoms with Gasteiger partial charge in [-0.2, -0.15) is 0 Å². The van der Waals surface area contributed by atoms with Crippen molar-refractivity contribution < 1.29 is 9.53 Å². The van der Waals surface area contributed by atoms with Crippen molar-refractivity contribution in [2.24, 2.45) is 0 Å². The topological polar surface area (TPSA) is 53.6 Å². The summed E-state index contributed by atoms with van der Waals surface area (Å²) in [6, 6.07) is 0. The van der Waals surface area contributed by atoms with E-state index in [4.69, 9.17) is 17.0 Å². The maximum absolute atomic E-state index is 11.0. The standard InChI is InChI=1S/C8H15N3O2S/c1-2-13-8(12)10-7(14)11-5-3-9-4-6-11/h9H,2-6H2,1H3,(H,10,12,14). The fourth-order valence-electron chi connectivity index (χ4n) is 1.20. The molecule has 2 N–H and O–H groups in total. The molecule has 1 rings (SSSR count). The smallest absolute Gasteiger partial charge is 0.413 e. The van der Waals surface area contributed by atoms with Crippen LogP contribution < -0.4 is 10.6 Å². The van der Waals surface area contributed by atoms with Crippen molar-refractivity contribution in [1.82, 2.24) is 15.5 Å². The SMILES string of the molecule is CCOC(=O)NC(=S)N1CCNCC1. The Balaban J connectivity index is 2.29. The lowest BCUT2D eigenvalue weighted by Crippen LogP contribution is -2.51. The van der Waals surface area contributed by atoms with Crippen LogP contribution in [0.4, 0.5) is 4.79 Å². The third-order valence-corrected chi connectivity index (χ3v) is 2.25.